The standard InChI is InChI=1S/C15H22Br2N2O2/c1-9(14(20)18-5)21-13-11(16)6-10(7-12(13)17)8-19-15(2,3)4/h6-7,9,19H,8H2,1-5H3,(H,18,20). The van der Waals surface area contributed by atoms with Gasteiger partial charge in [0.2, 0.25) is 0 Å². The summed E-state index contributed by atoms with van der Waals surface area (Å²) < 4.78 is 7.34. The van der Waals surface area contributed by atoms with Gasteiger partial charge in [0.25, 0.3) is 5.91 Å². The van der Waals surface area contributed by atoms with Crippen LogP contribution in [0.3, 0.4) is 0 Å². The van der Waals surface area contributed by atoms with Gasteiger partial charge in [0.1, 0.15) is 5.75 Å². The van der Waals surface area contributed by atoms with Gasteiger partial charge >= 0.3 is 0 Å². The number of likely N-dealkylation sites (N-methyl/N-ethyl adjacent to an activating group) is 1. The molecule has 2 N–H and O–H groups in total. The van der Waals surface area contributed by atoms with Gasteiger partial charge in [-0.3, -0.25) is 4.79 Å². The molecule has 1 unspecified atom stereocenters. The van der Waals surface area contributed by atoms with Crippen molar-refractivity contribution in [2.75, 3.05) is 7.05 Å². The van der Waals surface area contributed by atoms with Gasteiger partial charge in [0.05, 0.1) is 8.95 Å². The molecule has 21 heavy (non-hydrogen) atoms. The Labute approximate surface area is 143 Å². The molecule has 0 heterocycles. The minimum atomic E-state index is -0.554. The minimum absolute atomic E-state index is 0.0574. The number of hydrogen-bond acceptors (Lipinski definition) is 3. The third kappa shape index (κ3) is 5.96. The maximum absolute atomic E-state index is 11.5. The second-order valence-electron chi connectivity index (χ2n) is 5.87. The van der Waals surface area contributed by atoms with Crippen LogP contribution >= 0.6 is 31.9 Å². The fourth-order valence-electron chi connectivity index (χ4n) is 1.63. The fraction of sp³-hybridized carbons (Fsp3) is 0.533. The Balaban J connectivity index is 2.87. The van der Waals surface area contributed by atoms with Crippen LogP contribution in [0.15, 0.2) is 21.1 Å². The molecule has 1 aromatic rings. The number of benzene rings is 1. The molecule has 0 aromatic heterocycles. The van der Waals surface area contributed by atoms with Gasteiger partial charge in [0, 0.05) is 19.1 Å². The van der Waals surface area contributed by atoms with E-state index in [1.807, 2.05) is 12.1 Å². The lowest BCUT2D eigenvalue weighted by Gasteiger charge is -2.21. The minimum Gasteiger partial charge on any atom is -0.479 e. The number of rotatable bonds is 5. The number of carbonyl (C=O) groups excluding carboxylic acids is 1. The normalized spacial score (nSPS) is 12.9. The van der Waals surface area contributed by atoms with E-state index in [1.54, 1.807) is 14.0 Å². The molecule has 0 aliphatic rings. The van der Waals surface area contributed by atoms with Crippen molar-refractivity contribution in [3.05, 3.63) is 26.6 Å². The average molecular weight is 422 g/mol. The molecule has 0 bridgehead atoms. The highest BCUT2D eigenvalue weighted by Gasteiger charge is 2.17. The number of ether oxygens (including phenoxy) is 1. The van der Waals surface area contributed by atoms with Crippen LogP contribution in [0.5, 0.6) is 5.75 Å². The second kappa shape index (κ2) is 7.61. The molecule has 4 nitrogen and oxygen atoms in total. The fourth-order valence-corrected chi connectivity index (χ4v) is 3.10. The topological polar surface area (TPSA) is 50.4 Å². The molecule has 0 saturated carbocycles. The van der Waals surface area contributed by atoms with E-state index in [0.717, 1.165) is 21.1 Å². The molecule has 1 amide bonds. The summed E-state index contributed by atoms with van der Waals surface area (Å²) in [5.74, 6) is 0.470. The van der Waals surface area contributed by atoms with E-state index in [2.05, 4.69) is 63.3 Å². The summed E-state index contributed by atoms with van der Waals surface area (Å²) in [6.07, 6.45) is -0.554. The zero-order chi connectivity index (χ0) is 16.2. The molecule has 0 aliphatic heterocycles. The summed E-state index contributed by atoms with van der Waals surface area (Å²) in [7, 11) is 1.59. The molecule has 1 rings (SSSR count). The van der Waals surface area contributed by atoms with E-state index < -0.39 is 6.10 Å². The van der Waals surface area contributed by atoms with Crippen LogP contribution in [0.2, 0.25) is 0 Å². The van der Waals surface area contributed by atoms with Gasteiger partial charge in [-0.1, -0.05) is 0 Å². The highest BCUT2D eigenvalue weighted by molar-refractivity contribution is 9.11. The highest BCUT2D eigenvalue weighted by atomic mass is 79.9. The van der Waals surface area contributed by atoms with Crippen LogP contribution in [0.1, 0.15) is 33.3 Å². The lowest BCUT2D eigenvalue weighted by Crippen LogP contribution is -2.35. The van der Waals surface area contributed by atoms with Crippen LogP contribution in [0.25, 0.3) is 0 Å². The van der Waals surface area contributed by atoms with Crippen LogP contribution in [-0.4, -0.2) is 24.6 Å². The molecule has 0 aliphatic carbocycles. The van der Waals surface area contributed by atoms with Crippen molar-refractivity contribution in [1.82, 2.24) is 10.6 Å². The SMILES string of the molecule is CNC(=O)C(C)Oc1c(Br)cc(CNC(C)(C)C)cc1Br. The van der Waals surface area contributed by atoms with E-state index in [-0.39, 0.29) is 11.4 Å². The summed E-state index contributed by atoms with van der Waals surface area (Å²) in [4.78, 5) is 11.5. The Hall–Kier alpha value is -0.590. The molecule has 1 atom stereocenters. The average Bonchev–Trinajstić information content (AvgIpc) is 2.38. The van der Waals surface area contributed by atoms with E-state index in [4.69, 9.17) is 4.74 Å². The quantitative estimate of drug-likeness (QED) is 0.763. The summed E-state index contributed by atoms with van der Waals surface area (Å²) in [5.41, 5.74) is 1.19. The maximum Gasteiger partial charge on any atom is 0.260 e. The molecular weight excluding hydrogens is 400 g/mol. The van der Waals surface area contributed by atoms with Crippen molar-refractivity contribution in [3.63, 3.8) is 0 Å². The number of nitrogens with one attached hydrogen (secondary N) is 2. The third-order valence-corrected chi connectivity index (χ3v) is 3.97. The molecular formula is C15H22Br2N2O2. The van der Waals surface area contributed by atoms with Crippen molar-refractivity contribution in [2.24, 2.45) is 0 Å². The van der Waals surface area contributed by atoms with Gasteiger partial charge in [-0.05, 0) is 77.3 Å². The van der Waals surface area contributed by atoms with E-state index in [0.29, 0.717) is 5.75 Å². The molecule has 6 heteroatoms. The first-order chi connectivity index (χ1) is 9.64. The number of carbonyl (C=O) groups is 1. The Morgan fingerprint density at radius 2 is 1.81 bits per heavy atom. The number of halogens is 2. The Morgan fingerprint density at radius 3 is 2.24 bits per heavy atom. The first-order valence-corrected chi connectivity index (χ1v) is 8.34. The number of hydrogen-bond donors (Lipinski definition) is 2. The van der Waals surface area contributed by atoms with E-state index in [9.17, 15) is 4.79 Å². The predicted molar refractivity (Wildman–Crippen MR) is 92.6 cm³/mol. The third-order valence-electron chi connectivity index (χ3n) is 2.79. The highest BCUT2D eigenvalue weighted by Crippen LogP contribution is 2.35. The largest absolute Gasteiger partial charge is 0.479 e. The lowest BCUT2D eigenvalue weighted by molar-refractivity contribution is -0.126. The maximum atomic E-state index is 11.5. The first-order valence-electron chi connectivity index (χ1n) is 6.75. The molecule has 0 saturated heterocycles. The molecule has 118 valence electrons. The Morgan fingerprint density at radius 1 is 1.29 bits per heavy atom. The van der Waals surface area contributed by atoms with Crippen LogP contribution in [0, 0.1) is 0 Å². The first kappa shape index (κ1) is 18.5. The zero-order valence-electron chi connectivity index (χ0n) is 13.0. The van der Waals surface area contributed by atoms with E-state index in [1.165, 1.54) is 0 Å². The molecule has 0 radical (unpaired) electrons. The van der Waals surface area contributed by atoms with Crippen molar-refractivity contribution in [1.29, 1.82) is 0 Å². The smallest absolute Gasteiger partial charge is 0.260 e. The number of amides is 1. The summed E-state index contributed by atoms with van der Waals surface area (Å²) >= 11 is 7.01. The summed E-state index contributed by atoms with van der Waals surface area (Å²) in [5, 5.41) is 6.00. The van der Waals surface area contributed by atoms with Gasteiger partial charge in [-0.15, -0.1) is 0 Å². The van der Waals surface area contributed by atoms with Gasteiger partial charge in [0.15, 0.2) is 6.10 Å². The Bertz CT molecular complexity index is 490. The van der Waals surface area contributed by atoms with Gasteiger partial charge < -0.3 is 15.4 Å². The molecule has 1 aromatic carbocycles. The van der Waals surface area contributed by atoms with Crippen molar-refractivity contribution in [2.45, 2.75) is 45.9 Å². The Kier molecular flexibility index (Phi) is 6.69. The van der Waals surface area contributed by atoms with Crippen molar-refractivity contribution in [3.8, 4) is 5.75 Å². The van der Waals surface area contributed by atoms with Crippen LogP contribution < -0.4 is 15.4 Å². The monoisotopic (exact) mass is 420 g/mol. The van der Waals surface area contributed by atoms with E-state index >= 15 is 0 Å². The van der Waals surface area contributed by atoms with Gasteiger partial charge in [-0.25, -0.2) is 0 Å². The second-order valence-corrected chi connectivity index (χ2v) is 7.58. The van der Waals surface area contributed by atoms with Crippen LogP contribution in [-0.2, 0) is 11.3 Å². The zero-order valence-corrected chi connectivity index (χ0v) is 16.2. The predicted octanol–water partition coefficient (Wildman–Crippen LogP) is 3.61. The molecule has 0 fully saturated rings. The summed E-state index contributed by atoms with van der Waals surface area (Å²) in [6, 6.07) is 3.99. The summed E-state index contributed by atoms with van der Waals surface area (Å²) in [6.45, 7) is 8.84. The lowest BCUT2D eigenvalue weighted by atomic mass is 10.1. The van der Waals surface area contributed by atoms with Gasteiger partial charge in [-0.2, -0.15) is 0 Å². The van der Waals surface area contributed by atoms with Crippen molar-refractivity contribution < 1.29 is 9.53 Å². The van der Waals surface area contributed by atoms with Crippen LogP contribution in [0.4, 0.5) is 0 Å². The van der Waals surface area contributed by atoms with Crippen molar-refractivity contribution >= 4 is 37.8 Å². The molecule has 0 spiro atoms.